The van der Waals surface area contributed by atoms with E-state index >= 15 is 0 Å². The largest absolute Gasteiger partial charge is 0.381 e. The van der Waals surface area contributed by atoms with Gasteiger partial charge >= 0.3 is 0 Å². The van der Waals surface area contributed by atoms with Crippen LogP contribution in [0.15, 0.2) is 17.0 Å². The van der Waals surface area contributed by atoms with E-state index in [4.69, 9.17) is 5.73 Å². The average molecular weight is 256 g/mol. The summed E-state index contributed by atoms with van der Waals surface area (Å²) < 4.78 is 27.7. The molecule has 6 nitrogen and oxygen atoms in total. The Morgan fingerprint density at radius 3 is 2.59 bits per heavy atom. The molecular weight excluding hydrogens is 240 g/mol. The van der Waals surface area contributed by atoms with Crippen molar-refractivity contribution in [1.82, 2.24) is 14.1 Å². The molecule has 0 bridgehead atoms. The van der Waals surface area contributed by atoms with E-state index in [1.807, 2.05) is 12.2 Å². The molecule has 0 radical (unpaired) electrons. The third-order valence-electron chi connectivity index (χ3n) is 2.92. The summed E-state index contributed by atoms with van der Waals surface area (Å²) in [6.45, 7) is 2.60. The highest BCUT2D eigenvalue weighted by Crippen LogP contribution is 2.25. The van der Waals surface area contributed by atoms with Crippen LogP contribution in [0.25, 0.3) is 0 Å². The Morgan fingerprint density at radius 2 is 2.12 bits per heavy atom. The van der Waals surface area contributed by atoms with E-state index < -0.39 is 10.0 Å². The normalized spacial score (nSPS) is 17.5. The Labute approximate surface area is 101 Å². The molecule has 17 heavy (non-hydrogen) atoms. The number of aryl methyl sites for hydroxylation is 1. The Bertz CT molecular complexity index is 559. The summed E-state index contributed by atoms with van der Waals surface area (Å²) in [5.74, 6) is 0.0690. The molecule has 0 aromatic carbocycles. The molecule has 2 rings (SSSR count). The van der Waals surface area contributed by atoms with Crippen molar-refractivity contribution >= 4 is 15.8 Å². The van der Waals surface area contributed by atoms with Gasteiger partial charge in [-0.15, -0.1) is 0 Å². The minimum Gasteiger partial charge on any atom is -0.381 e. The molecule has 1 aliphatic rings. The molecule has 7 heteroatoms. The van der Waals surface area contributed by atoms with E-state index in [2.05, 4.69) is 5.10 Å². The van der Waals surface area contributed by atoms with Crippen LogP contribution in [0.3, 0.4) is 0 Å². The molecule has 0 saturated heterocycles. The van der Waals surface area contributed by atoms with Crippen LogP contribution in [0.4, 0.5) is 5.82 Å². The lowest BCUT2D eigenvalue weighted by Gasteiger charge is -2.22. The van der Waals surface area contributed by atoms with Gasteiger partial charge in [0.1, 0.15) is 4.90 Å². The Kier molecular flexibility index (Phi) is 2.96. The summed E-state index contributed by atoms with van der Waals surface area (Å²) in [6, 6.07) is 0. The van der Waals surface area contributed by atoms with E-state index in [9.17, 15) is 8.42 Å². The van der Waals surface area contributed by atoms with Crippen molar-refractivity contribution < 1.29 is 8.42 Å². The summed E-state index contributed by atoms with van der Waals surface area (Å²) in [4.78, 5) is 0.135. The first-order valence-electron chi connectivity index (χ1n) is 5.39. The Morgan fingerprint density at radius 1 is 1.41 bits per heavy atom. The maximum atomic E-state index is 12.4. The number of hydrogen-bond donors (Lipinski definition) is 1. The predicted octanol–water partition coefficient (Wildman–Crippen LogP) is 0.261. The van der Waals surface area contributed by atoms with Crippen molar-refractivity contribution in [2.24, 2.45) is 7.05 Å². The molecule has 0 amide bonds. The van der Waals surface area contributed by atoms with Gasteiger partial charge in [-0.05, 0) is 13.3 Å². The zero-order valence-corrected chi connectivity index (χ0v) is 10.7. The molecule has 2 N–H and O–H groups in total. The van der Waals surface area contributed by atoms with Crippen LogP contribution in [0.5, 0.6) is 0 Å². The first-order valence-corrected chi connectivity index (χ1v) is 6.83. The highest BCUT2D eigenvalue weighted by molar-refractivity contribution is 7.89. The topological polar surface area (TPSA) is 81.2 Å². The molecule has 1 aliphatic heterocycles. The molecule has 0 atom stereocenters. The van der Waals surface area contributed by atoms with Crippen LogP contribution in [-0.4, -0.2) is 35.6 Å². The lowest BCUT2D eigenvalue weighted by molar-refractivity contribution is 0.437. The molecule has 0 aliphatic carbocycles. The summed E-state index contributed by atoms with van der Waals surface area (Å²) in [5.41, 5.74) is 6.25. The standard InChI is InChI=1S/C10H16N4O2S/c1-8-9(10(11)12-13(8)2)17(15,16)14-6-4-3-5-7-14/h3-4H,5-7H2,1-2H3,(H2,11,12). The first kappa shape index (κ1) is 12.1. The SMILES string of the molecule is Cc1c(S(=O)(=O)N2CC=CCC2)c(N)nn1C. The van der Waals surface area contributed by atoms with Crippen LogP contribution < -0.4 is 5.73 Å². The van der Waals surface area contributed by atoms with Gasteiger partial charge in [0.05, 0.1) is 5.69 Å². The van der Waals surface area contributed by atoms with E-state index in [-0.39, 0.29) is 10.7 Å². The van der Waals surface area contributed by atoms with Crippen molar-refractivity contribution in [3.8, 4) is 0 Å². The van der Waals surface area contributed by atoms with Gasteiger partial charge in [0, 0.05) is 20.1 Å². The van der Waals surface area contributed by atoms with Gasteiger partial charge in [0.15, 0.2) is 5.82 Å². The van der Waals surface area contributed by atoms with E-state index in [1.165, 1.54) is 8.99 Å². The number of aromatic nitrogens is 2. The van der Waals surface area contributed by atoms with Gasteiger partial charge < -0.3 is 5.73 Å². The second kappa shape index (κ2) is 4.15. The molecule has 0 unspecified atom stereocenters. The minimum atomic E-state index is -3.53. The average Bonchev–Trinajstić information content (AvgIpc) is 2.54. The second-order valence-corrected chi connectivity index (χ2v) is 5.92. The van der Waals surface area contributed by atoms with E-state index in [0.29, 0.717) is 18.8 Å². The van der Waals surface area contributed by atoms with Gasteiger partial charge in [0.2, 0.25) is 10.0 Å². The fourth-order valence-electron chi connectivity index (χ4n) is 1.90. The first-order chi connectivity index (χ1) is 7.94. The second-order valence-electron chi connectivity index (χ2n) is 4.05. The molecule has 0 spiro atoms. The van der Waals surface area contributed by atoms with Gasteiger partial charge in [-0.1, -0.05) is 12.2 Å². The van der Waals surface area contributed by atoms with Gasteiger partial charge in [-0.3, -0.25) is 4.68 Å². The minimum absolute atomic E-state index is 0.0690. The number of hydrogen-bond acceptors (Lipinski definition) is 4. The van der Waals surface area contributed by atoms with Gasteiger partial charge in [0.25, 0.3) is 0 Å². The summed E-state index contributed by atoms with van der Waals surface area (Å²) in [7, 11) is -1.85. The third kappa shape index (κ3) is 1.96. The molecule has 0 saturated carbocycles. The maximum Gasteiger partial charge on any atom is 0.248 e. The van der Waals surface area contributed by atoms with Crippen LogP contribution in [-0.2, 0) is 17.1 Å². The van der Waals surface area contributed by atoms with Crippen LogP contribution in [0.2, 0.25) is 0 Å². The Hall–Kier alpha value is -1.34. The monoisotopic (exact) mass is 256 g/mol. The highest BCUT2D eigenvalue weighted by Gasteiger charge is 2.30. The predicted molar refractivity (Wildman–Crippen MR) is 64.9 cm³/mol. The fraction of sp³-hybridized carbons (Fsp3) is 0.500. The summed E-state index contributed by atoms with van der Waals surface area (Å²) in [6.07, 6.45) is 4.56. The quantitative estimate of drug-likeness (QED) is 0.770. The molecule has 1 aromatic rings. The van der Waals surface area contributed by atoms with Crippen LogP contribution in [0.1, 0.15) is 12.1 Å². The van der Waals surface area contributed by atoms with Crippen molar-refractivity contribution in [1.29, 1.82) is 0 Å². The molecule has 1 aromatic heterocycles. The van der Waals surface area contributed by atoms with Crippen molar-refractivity contribution in [2.75, 3.05) is 18.8 Å². The molecular formula is C10H16N4O2S. The summed E-state index contributed by atoms with van der Waals surface area (Å²) >= 11 is 0. The molecule has 94 valence electrons. The maximum absolute atomic E-state index is 12.4. The smallest absolute Gasteiger partial charge is 0.248 e. The Balaban J connectivity index is 2.48. The highest BCUT2D eigenvalue weighted by atomic mass is 32.2. The zero-order chi connectivity index (χ0) is 12.6. The van der Waals surface area contributed by atoms with Crippen molar-refractivity contribution in [2.45, 2.75) is 18.2 Å². The number of anilines is 1. The van der Waals surface area contributed by atoms with E-state index in [1.54, 1.807) is 14.0 Å². The number of nitrogens with two attached hydrogens (primary N) is 1. The van der Waals surface area contributed by atoms with Gasteiger partial charge in [-0.25, -0.2) is 8.42 Å². The van der Waals surface area contributed by atoms with Gasteiger partial charge in [-0.2, -0.15) is 9.40 Å². The molecule has 0 fully saturated rings. The number of nitrogen functional groups attached to an aromatic ring is 1. The number of sulfonamides is 1. The summed E-state index contributed by atoms with van der Waals surface area (Å²) in [5, 5.41) is 3.94. The third-order valence-corrected chi connectivity index (χ3v) is 4.96. The van der Waals surface area contributed by atoms with E-state index in [0.717, 1.165) is 6.42 Å². The van der Waals surface area contributed by atoms with Crippen molar-refractivity contribution in [3.63, 3.8) is 0 Å². The van der Waals surface area contributed by atoms with Crippen LogP contribution in [0, 0.1) is 6.92 Å². The lowest BCUT2D eigenvalue weighted by Crippen LogP contribution is -2.34. The fourth-order valence-corrected chi connectivity index (χ4v) is 3.60. The van der Waals surface area contributed by atoms with Crippen LogP contribution >= 0.6 is 0 Å². The van der Waals surface area contributed by atoms with Crippen molar-refractivity contribution in [3.05, 3.63) is 17.8 Å². The molecule has 2 heterocycles. The zero-order valence-electron chi connectivity index (χ0n) is 9.92. The lowest BCUT2D eigenvalue weighted by atomic mass is 10.3. The number of nitrogens with zero attached hydrogens (tertiary/aromatic N) is 3. The number of rotatable bonds is 2.